The van der Waals surface area contributed by atoms with Gasteiger partial charge in [-0.1, -0.05) is 24.3 Å². The van der Waals surface area contributed by atoms with Crippen molar-refractivity contribution in [2.45, 2.75) is 24.8 Å². The summed E-state index contributed by atoms with van der Waals surface area (Å²) in [6.45, 7) is 4.29. The third kappa shape index (κ3) is 5.59. The number of amides is 1. The molecule has 1 amide bonds. The van der Waals surface area contributed by atoms with E-state index in [0.29, 0.717) is 29.4 Å². The maximum Gasteiger partial charge on any atom is 0.261 e. The van der Waals surface area contributed by atoms with E-state index in [1.807, 2.05) is 32.0 Å². The van der Waals surface area contributed by atoms with Crippen LogP contribution in [0.4, 0.5) is 5.69 Å². The molecule has 3 aromatic rings. The molecule has 0 aliphatic carbocycles. The molecule has 3 aromatic carbocycles. The van der Waals surface area contributed by atoms with Crippen LogP contribution >= 0.6 is 0 Å². The lowest BCUT2D eigenvalue weighted by atomic mass is 10.1. The largest absolute Gasteiger partial charge is 0.493 e. The Morgan fingerprint density at radius 3 is 2.28 bits per heavy atom. The highest BCUT2D eigenvalue weighted by atomic mass is 32.2. The van der Waals surface area contributed by atoms with Gasteiger partial charge in [0.05, 0.1) is 24.7 Å². The zero-order valence-corrected chi connectivity index (χ0v) is 19.0. The van der Waals surface area contributed by atoms with Crippen LogP contribution in [0.15, 0.2) is 77.7 Å². The minimum absolute atomic E-state index is 0.168. The Bertz CT molecular complexity index is 1160. The predicted octanol–water partition coefficient (Wildman–Crippen LogP) is 4.39. The first-order valence-corrected chi connectivity index (χ1v) is 11.6. The predicted molar refractivity (Wildman–Crippen MR) is 124 cm³/mol. The highest BCUT2D eigenvalue weighted by molar-refractivity contribution is 7.92. The molecule has 32 heavy (non-hydrogen) atoms. The molecule has 0 aliphatic heterocycles. The molecule has 8 heteroatoms. The molecule has 0 bridgehead atoms. The van der Waals surface area contributed by atoms with Crippen molar-refractivity contribution in [1.29, 1.82) is 0 Å². The lowest BCUT2D eigenvalue weighted by molar-refractivity contribution is 0.0940. The Hall–Kier alpha value is -3.52. The molecule has 2 N–H and O–H groups in total. The van der Waals surface area contributed by atoms with Crippen LogP contribution < -0.4 is 19.5 Å². The normalized spacial score (nSPS) is 12.0. The monoisotopic (exact) mass is 454 g/mol. The molecular weight excluding hydrogens is 428 g/mol. The number of nitrogens with one attached hydrogen (secondary N) is 2. The van der Waals surface area contributed by atoms with Gasteiger partial charge >= 0.3 is 0 Å². The van der Waals surface area contributed by atoms with Crippen molar-refractivity contribution >= 4 is 21.6 Å². The minimum atomic E-state index is -3.69. The molecule has 0 aliphatic rings. The van der Waals surface area contributed by atoms with Gasteiger partial charge in [0.15, 0.2) is 11.5 Å². The molecule has 0 saturated carbocycles. The second-order valence-corrected chi connectivity index (χ2v) is 8.72. The van der Waals surface area contributed by atoms with E-state index in [0.717, 1.165) is 5.56 Å². The van der Waals surface area contributed by atoms with Gasteiger partial charge in [-0.25, -0.2) is 8.42 Å². The van der Waals surface area contributed by atoms with Crippen molar-refractivity contribution in [3.8, 4) is 11.5 Å². The van der Waals surface area contributed by atoms with E-state index in [4.69, 9.17) is 9.47 Å². The number of methoxy groups -OCH3 is 1. The van der Waals surface area contributed by atoms with Crippen LogP contribution in [-0.2, 0) is 10.0 Å². The highest BCUT2D eigenvalue weighted by Crippen LogP contribution is 2.30. The van der Waals surface area contributed by atoms with Gasteiger partial charge in [0.1, 0.15) is 0 Å². The summed E-state index contributed by atoms with van der Waals surface area (Å²) in [4.78, 5) is 12.8. The van der Waals surface area contributed by atoms with Crippen molar-refractivity contribution in [3.63, 3.8) is 0 Å². The van der Waals surface area contributed by atoms with E-state index < -0.39 is 10.0 Å². The molecule has 0 spiro atoms. The van der Waals surface area contributed by atoms with Crippen LogP contribution in [0.3, 0.4) is 0 Å². The van der Waals surface area contributed by atoms with Crippen LogP contribution in [-0.4, -0.2) is 28.0 Å². The van der Waals surface area contributed by atoms with Crippen molar-refractivity contribution in [1.82, 2.24) is 5.32 Å². The molecule has 168 valence electrons. The molecule has 0 aromatic heterocycles. The van der Waals surface area contributed by atoms with Crippen LogP contribution in [0, 0.1) is 0 Å². The van der Waals surface area contributed by atoms with Gasteiger partial charge in [0.2, 0.25) is 0 Å². The summed E-state index contributed by atoms with van der Waals surface area (Å²) in [6.07, 6.45) is 0. The third-order valence-electron chi connectivity index (χ3n) is 4.79. The van der Waals surface area contributed by atoms with Gasteiger partial charge in [-0.3, -0.25) is 9.52 Å². The molecule has 0 saturated heterocycles. The van der Waals surface area contributed by atoms with E-state index in [2.05, 4.69) is 10.0 Å². The van der Waals surface area contributed by atoms with Crippen molar-refractivity contribution in [3.05, 3.63) is 83.9 Å². The number of sulfonamides is 1. The fraction of sp³-hybridized carbons (Fsp3) is 0.208. The number of rotatable bonds is 9. The SMILES string of the molecule is CCOc1ccc(C(C)NC(=O)c2ccc(NS(=O)(=O)c3ccccc3)cc2)cc1OC. The minimum Gasteiger partial charge on any atom is -0.493 e. The number of hydrogen-bond acceptors (Lipinski definition) is 5. The molecule has 1 atom stereocenters. The Kier molecular flexibility index (Phi) is 7.37. The Morgan fingerprint density at radius 2 is 1.66 bits per heavy atom. The molecule has 1 unspecified atom stereocenters. The first-order valence-electron chi connectivity index (χ1n) is 10.1. The van der Waals surface area contributed by atoms with Crippen LogP contribution in [0.25, 0.3) is 0 Å². The first-order chi connectivity index (χ1) is 15.3. The molecule has 0 radical (unpaired) electrons. The first kappa shape index (κ1) is 23.1. The molecule has 3 rings (SSSR count). The number of carbonyl (C=O) groups excluding carboxylic acids is 1. The van der Waals surface area contributed by atoms with Crippen molar-refractivity contribution < 1.29 is 22.7 Å². The summed E-state index contributed by atoms with van der Waals surface area (Å²) < 4.78 is 38.3. The Morgan fingerprint density at radius 1 is 0.969 bits per heavy atom. The van der Waals surface area contributed by atoms with Crippen LogP contribution in [0.2, 0.25) is 0 Å². The number of hydrogen-bond donors (Lipinski definition) is 2. The summed E-state index contributed by atoms with van der Waals surface area (Å²) >= 11 is 0. The smallest absolute Gasteiger partial charge is 0.261 e. The fourth-order valence-corrected chi connectivity index (χ4v) is 4.17. The summed E-state index contributed by atoms with van der Waals surface area (Å²) in [5.74, 6) is 0.967. The zero-order chi connectivity index (χ0) is 23.1. The topological polar surface area (TPSA) is 93.7 Å². The van der Waals surface area contributed by atoms with Gasteiger partial charge in [-0.2, -0.15) is 0 Å². The second kappa shape index (κ2) is 10.2. The van der Waals surface area contributed by atoms with Gasteiger partial charge in [-0.15, -0.1) is 0 Å². The molecular formula is C24H26N2O5S. The van der Waals surface area contributed by atoms with Gasteiger partial charge in [0.25, 0.3) is 15.9 Å². The average molecular weight is 455 g/mol. The van der Waals surface area contributed by atoms with E-state index in [1.54, 1.807) is 49.6 Å². The van der Waals surface area contributed by atoms with E-state index >= 15 is 0 Å². The highest BCUT2D eigenvalue weighted by Gasteiger charge is 2.16. The maximum absolute atomic E-state index is 12.7. The van der Waals surface area contributed by atoms with Gasteiger partial charge < -0.3 is 14.8 Å². The lowest BCUT2D eigenvalue weighted by Crippen LogP contribution is -2.26. The number of ether oxygens (including phenoxy) is 2. The summed E-state index contributed by atoms with van der Waals surface area (Å²) in [5.41, 5.74) is 1.65. The van der Waals surface area contributed by atoms with Gasteiger partial charge in [0, 0.05) is 11.3 Å². The average Bonchev–Trinajstić information content (AvgIpc) is 2.80. The molecule has 0 heterocycles. The van der Waals surface area contributed by atoms with Crippen molar-refractivity contribution in [2.24, 2.45) is 0 Å². The van der Waals surface area contributed by atoms with E-state index in [9.17, 15) is 13.2 Å². The Labute approximate surface area is 188 Å². The summed E-state index contributed by atoms with van der Waals surface area (Å²) in [6, 6.07) is 19.6. The summed E-state index contributed by atoms with van der Waals surface area (Å²) in [7, 11) is -2.12. The van der Waals surface area contributed by atoms with Gasteiger partial charge in [-0.05, 0) is 67.9 Å². The quantitative estimate of drug-likeness (QED) is 0.500. The second-order valence-electron chi connectivity index (χ2n) is 7.03. The molecule has 0 fully saturated rings. The van der Waals surface area contributed by atoms with E-state index in [-0.39, 0.29) is 16.8 Å². The number of anilines is 1. The maximum atomic E-state index is 12.7. The lowest BCUT2D eigenvalue weighted by Gasteiger charge is -2.17. The van der Waals surface area contributed by atoms with Crippen LogP contribution in [0.5, 0.6) is 11.5 Å². The molecule has 7 nitrogen and oxygen atoms in total. The zero-order valence-electron chi connectivity index (χ0n) is 18.2. The van der Waals surface area contributed by atoms with Crippen molar-refractivity contribution in [2.75, 3.05) is 18.4 Å². The number of carbonyl (C=O) groups is 1. The fourth-order valence-electron chi connectivity index (χ4n) is 3.09. The number of benzene rings is 3. The van der Waals surface area contributed by atoms with E-state index in [1.165, 1.54) is 12.1 Å². The third-order valence-corrected chi connectivity index (χ3v) is 6.19. The Balaban J connectivity index is 1.67. The summed E-state index contributed by atoms with van der Waals surface area (Å²) in [5, 5.41) is 2.93. The standard InChI is InChI=1S/C24H26N2O5S/c1-4-31-22-15-12-19(16-23(22)30-3)17(2)25-24(27)18-10-13-20(14-11-18)26-32(28,29)21-8-6-5-7-9-21/h5-17,26H,4H2,1-3H3,(H,25,27). The van der Waals surface area contributed by atoms with Crippen LogP contribution in [0.1, 0.15) is 35.8 Å².